The molecule has 0 bridgehead atoms. The average molecular weight is 475 g/mol. The second-order valence-corrected chi connectivity index (χ2v) is 11.7. The number of nitrogens with zero attached hydrogens (tertiary/aromatic N) is 3. The number of rotatable bonds is 5. The second-order valence-electron chi connectivity index (χ2n) is 11.3. The molecule has 3 saturated carbocycles. The SMILES string of the molecule is C[C@H](c1ccc(N2C[C@H]3C[C@H]3C2)cc1)n1ncc2c(Cl)ccc(C(=O)NC3CC4(CCC4)C3)c21. The van der Waals surface area contributed by atoms with E-state index < -0.39 is 0 Å². The van der Waals surface area contributed by atoms with E-state index in [0.717, 1.165) is 35.6 Å². The van der Waals surface area contributed by atoms with Gasteiger partial charge in [0.25, 0.3) is 5.91 Å². The van der Waals surface area contributed by atoms with Crippen LogP contribution in [0.15, 0.2) is 42.6 Å². The molecule has 3 aliphatic carbocycles. The number of amides is 1. The summed E-state index contributed by atoms with van der Waals surface area (Å²) < 4.78 is 1.96. The molecule has 1 N–H and O–H groups in total. The van der Waals surface area contributed by atoms with Gasteiger partial charge in [0.2, 0.25) is 0 Å². The predicted molar refractivity (Wildman–Crippen MR) is 136 cm³/mol. The molecule has 6 heteroatoms. The molecule has 1 spiro atoms. The number of hydrogen-bond acceptors (Lipinski definition) is 3. The summed E-state index contributed by atoms with van der Waals surface area (Å²) in [6.45, 7) is 4.53. The van der Waals surface area contributed by atoms with Gasteiger partial charge in [0, 0.05) is 30.2 Å². The topological polar surface area (TPSA) is 50.2 Å². The lowest BCUT2D eigenvalue weighted by molar-refractivity contribution is -0.000604. The van der Waals surface area contributed by atoms with Crippen molar-refractivity contribution in [3.63, 3.8) is 0 Å². The Morgan fingerprint density at radius 2 is 1.85 bits per heavy atom. The Morgan fingerprint density at radius 1 is 1.12 bits per heavy atom. The Hall–Kier alpha value is -2.53. The molecular formula is C28H31ClN4O. The van der Waals surface area contributed by atoms with Crippen molar-refractivity contribution in [2.75, 3.05) is 18.0 Å². The molecule has 4 aliphatic rings. The van der Waals surface area contributed by atoms with Gasteiger partial charge in [-0.3, -0.25) is 9.48 Å². The summed E-state index contributed by atoms with van der Waals surface area (Å²) in [6, 6.07) is 12.8. The molecule has 3 atom stereocenters. The summed E-state index contributed by atoms with van der Waals surface area (Å²) in [4.78, 5) is 15.8. The number of piperidine rings is 1. The maximum atomic E-state index is 13.3. The summed E-state index contributed by atoms with van der Waals surface area (Å²) in [5.74, 6) is 1.82. The van der Waals surface area contributed by atoms with Crippen LogP contribution in [0.3, 0.4) is 0 Å². The Morgan fingerprint density at radius 3 is 2.53 bits per heavy atom. The number of carbonyl (C=O) groups is 1. The zero-order chi connectivity index (χ0) is 23.0. The van der Waals surface area contributed by atoms with Gasteiger partial charge in [-0.15, -0.1) is 0 Å². The van der Waals surface area contributed by atoms with Crippen LogP contribution in [0.1, 0.15) is 67.4 Å². The van der Waals surface area contributed by atoms with Gasteiger partial charge in [-0.2, -0.15) is 5.10 Å². The van der Waals surface area contributed by atoms with E-state index in [0.29, 0.717) is 16.0 Å². The monoisotopic (exact) mass is 474 g/mol. The number of nitrogens with one attached hydrogen (secondary N) is 1. The number of carbonyl (C=O) groups excluding carboxylic acids is 1. The fourth-order valence-electron chi connectivity index (χ4n) is 6.76. The molecular weight excluding hydrogens is 444 g/mol. The van der Waals surface area contributed by atoms with Crippen LogP contribution in [0.4, 0.5) is 5.69 Å². The van der Waals surface area contributed by atoms with Crippen LogP contribution < -0.4 is 10.2 Å². The molecule has 3 aromatic rings. The van der Waals surface area contributed by atoms with Crippen molar-refractivity contribution in [3.8, 4) is 0 Å². The highest BCUT2D eigenvalue weighted by atomic mass is 35.5. The Balaban J connectivity index is 1.15. The second kappa shape index (κ2) is 7.48. The number of anilines is 1. The van der Waals surface area contributed by atoms with Gasteiger partial charge < -0.3 is 10.2 Å². The van der Waals surface area contributed by atoms with Crippen molar-refractivity contribution in [1.82, 2.24) is 15.1 Å². The first-order valence-electron chi connectivity index (χ1n) is 12.8. The van der Waals surface area contributed by atoms with Gasteiger partial charge >= 0.3 is 0 Å². The zero-order valence-electron chi connectivity index (χ0n) is 19.6. The van der Waals surface area contributed by atoms with Crippen LogP contribution in [0.25, 0.3) is 10.9 Å². The van der Waals surface area contributed by atoms with Crippen LogP contribution >= 0.6 is 11.6 Å². The van der Waals surface area contributed by atoms with Gasteiger partial charge in [0.05, 0.1) is 28.3 Å². The molecule has 34 heavy (non-hydrogen) atoms. The molecule has 0 radical (unpaired) electrons. The van der Waals surface area contributed by atoms with Crippen molar-refractivity contribution < 1.29 is 4.79 Å². The fourth-order valence-corrected chi connectivity index (χ4v) is 6.96. The molecule has 7 rings (SSSR count). The van der Waals surface area contributed by atoms with Crippen LogP contribution in [0.5, 0.6) is 0 Å². The van der Waals surface area contributed by atoms with E-state index in [-0.39, 0.29) is 18.0 Å². The molecule has 2 heterocycles. The third kappa shape index (κ3) is 3.27. The van der Waals surface area contributed by atoms with Crippen LogP contribution in [0.2, 0.25) is 5.02 Å². The van der Waals surface area contributed by atoms with E-state index in [1.165, 1.54) is 50.0 Å². The first kappa shape index (κ1) is 20.8. The summed E-state index contributed by atoms with van der Waals surface area (Å²) in [5, 5.41) is 9.43. The minimum Gasteiger partial charge on any atom is -0.371 e. The molecule has 5 nitrogen and oxygen atoms in total. The Kier molecular flexibility index (Phi) is 4.58. The number of hydrogen-bond donors (Lipinski definition) is 1. The third-order valence-corrected chi connectivity index (χ3v) is 9.47. The normalized spacial score (nSPS) is 25.6. The molecule has 1 amide bonds. The summed E-state index contributed by atoms with van der Waals surface area (Å²) in [6.07, 6.45) is 9.45. The minimum absolute atomic E-state index is 0.00880. The number of halogens is 1. The highest BCUT2D eigenvalue weighted by molar-refractivity contribution is 6.36. The molecule has 1 aromatic heterocycles. The largest absolute Gasteiger partial charge is 0.371 e. The van der Waals surface area contributed by atoms with E-state index >= 15 is 0 Å². The lowest BCUT2D eigenvalue weighted by Gasteiger charge is -2.54. The summed E-state index contributed by atoms with van der Waals surface area (Å²) in [5.41, 5.74) is 4.49. The quantitative estimate of drug-likeness (QED) is 0.507. The van der Waals surface area contributed by atoms with Gasteiger partial charge in [0.15, 0.2) is 0 Å². The van der Waals surface area contributed by atoms with Gasteiger partial charge in [-0.1, -0.05) is 30.2 Å². The molecule has 176 valence electrons. The van der Waals surface area contributed by atoms with Crippen LogP contribution in [-0.4, -0.2) is 34.8 Å². The summed E-state index contributed by atoms with van der Waals surface area (Å²) >= 11 is 6.52. The minimum atomic E-state index is -0.0160. The number of aromatic nitrogens is 2. The number of benzene rings is 2. The third-order valence-electron chi connectivity index (χ3n) is 9.14. The van der Waals surface area contributed by atoms with E-state index in [9.17, 15) is 4.79 Å². The molecule has 1 aliphatic heterocycles. The van der Waals surface area contributed by atoms with E-state index in [1.54, 1.807) is 6.20 Å². The molecule has 4 fully saturated rings. The Bertz CT molecular complexity index is 1260. The lowest BCUT2D eigenvalue weighted by Crippen LogP contribution is -2.53. The van der Waals surface area contributed by atoms with Crippen LogP contribution in [-0.2, 0) is 0 Å². The van der Waals surface area contributed by atoms with Gasteiger partial charge in [0.1, 0.15) is 0 Å². The smallest absolute Gasteiger partial charge is 0.253 e. The summed E-state index contributed by atoms with van der Waals surface area (Å²) in [7, 11) is 0. The van der Waals surface area contributed by atoms with Crippen LogP contribution in [0, 0.1) is 17.3 Å². The highest BCUT2D eigenvalue weighted by Gasteiger charge is 2.48. The maximum absolute atomic E-state index is 13.3. The van der Waals surface area contributed by atoms with Gasteiger partial charge in [-0.25, -0.2) is 0 Å². The van der Waals surface area contributed by atoms with Gasteiger partial charge in [-0.05, 0) is 86.1 Å². The number of fused-ring (bicyclic) bond motifs is 2. The highest BCUT2D eigenvalue weighted by Crippen LogP contribution is 2.55. The van der Waals surface area contributed by atoms with E-state index in [1.807, 2.05) is 16.8 Å². The Labute approximate surface area is 205 Å². The van der Waals surface area contributed by atoms with Crippen molar-refractivity contribution in [2.45, 2.75) is 57.5 Å². The van der Waals surface area contributed by atoms with E-state index in [4.69, 9.17) is 16.7 Å². The molecule has 1 saturated heterocycles. The lowest BCUT2D eigenvalue weighted by atomic mass is 9.54. The molecule has 2 aromatic carbocycles. The fraction of sp³-hybridized carbons (Fsp3) is 0.500. The molecule has 0 unspecified atom stereocenters. The zero-order valence-corrected chi connectivity index (χ0v) is 20.4. The van der Waals surface area contributed by atoms with E-state index in [2.05, 4.69) is 41.4 Å². The maximum Gasteiger partial charge on any atom is 0.253 e. The van der Waals surface area contributed by atoms with Crippen molar-refractivity contribution >= 4 is 34.1 Å². The van der Waals surface area contributed by atoms with Crippen molar-refractivity contribution in [3.05, 3.63) is 58.7 Å². The standard InChI is InChI=1S/C28H31ClN4O/c1-17(18-3-5-22(6-4-18)32-15-19-11-20(19)16-32)33-26-23(7-8-25(29)24(26)14-30-33)27(34)31-21-12-28(13-21)9-2-10-28/h3-8,14,17,19-21H,2,9-13,15-16H2,1H3,(H,31,34)/t17-,19-,20+/m1/s1. The predicted octanol–water partition coefficient (Wildman–Crippen LogP) is 5.82. The first-order chi connectivity index (χ1) is 16.5. The average Bonchev–Trinajstić information content (AvgIpc) is 3.18. The van der Waals surface area contributed by atoms with Crippen molar-refractivity contribution in [1.29, 1.82) is 0 Å². The van der Waals surface area contributed by atoms with Crippen molar-refractivity contribution in [2.24, 2.45) is 17.3 Å². The first-order valence-corrected chi connectivity index (χ1v) is 13.2.